The Balaban J connectivity index is 2.41. The second-order valence-electron chi connectivity index (χ2n) is 2.40. The summed E-state index contributed by atoms with van der Waals surface area (Å²) in [6, 6.07) is 4.09. The van der Waals surface area contributed by atoms with Crippen molar-refractivity contribution in [1.29, 1.82) is 0 Å². The quantitative estimate of drug-likeness (QED) is 0.581. The molecule has 1 radical (unpaired) electrons. The minimum atomic E-state index is 1.02. The van der Waals surface area contributed by atoms with E-state index in [0.717, 1.165) is 18.7 Å². The summed E-state index contributed by atoms with van der Waals surface area (Å²) in [6.45, 7) is 2.05. The van der Waals surface area contributed by atoms with E-state index in [0.29, 0.717) is 0 Å². The molecule has 2 rings (SSSR count). The van der Waals surface area contributed by atoms with Crippen LogP contribution in [0.15, 0.2) is 18.3 Å². The van der Waals surface area contributed by atoms with Crippen LogP contribution >= 0.6 is 0 Å². The van der Waals surface area contributed by atoms with E-state index < -0.39 is 0 Å². The normalized spacial score (nSPS) is 15.6. The van der Waals surface area contributed by atoms with Gasteiger partial charge >= 0.3 is 0 Å². The second kappa shape index (κ2) is 2.29. The predicted octanol–water partition coefficient (Wildman–Crippen LogP) is 1.60. The van der Waals surface area contributed by atoms with Gasteiger partial charge in [0.25, 0.3) is 0 Å². The van der Waals surface area contributed by atoms with Crippen molar-refractivity contribution in [3.8, 4) is 0 Å². The smallest absolute Gasteiger partial charge is 0.129 e. The molecule has 51 valence electrons. The molecule has 10 heavy (non-hydrogen) atoms. The Hall–Kier alpha value is -1.05. The lowest BCUT2D eigenvalue weighted by Crippen LogP contribution is -2.07. The highest BCUT2D eigenvalue weighted by Crippen LogP contribution is 2.19. The first kappa shape index (κ1) is 5.71. The molecule has 0 spiro atoms. The molecule has 0 saturated heterocycles. The number of fused-ring (bicyclic) bond motifs is 1. The summed E-state index contributed by atoms with van der Waals surface area (Å²) in [5, 5.41) is 3.13. The first-order chi connectivity index (χ1) is 4.97. The van der Waals surface area contributed by atoms with E-state index >= 15 is 0 Å². The van der Waals surface area contributed by atoms with E-state index in [4.69, 9.17) is 0 Å². The molecule has 2 nitrogen and oxygen atoms in total. The van der Waals surface area contributed by atoms with Crippen LogP contribution in [-0.4, -0.2) is 4.98 Å². The van der Waals surface area contributed by atoms with E-state index in [1.165, 1.54) is 5.56 Å². The van der Waals surface area contributed by atoms with E-state index in [2.05, 4.69) is 22.9 Å². The number of aromatic nitrogens is 1. The molecule has 0 fully saturated rings. The van der Waals surface area contributed by atoms with Crippen LogP contribution in [0.2, 0.25) is 0 Å². The molecule has 0 aliphatic carbocycles. The van der Waals surface area contributed by atoms with Crippen molar-refractivity contribution in [2.75, 3.05) is 5.32 Å². The Morgan fingerprint density at radius 1 is 1.50 bits per heavy atom. The van der Waals surface area contributed by atoms with Gasteiger partial charge in [-0.05, 0) is 24.5 Å². The van der Waals surface area contributed by atoms with E-state index in [-0.39, 0.29) is 0 Å². The number of nitrogens with zero attached hydrogens (tertiary/aromatic N) is 1. The predicted molar refractivity (Wildman–Crippen MR) is 40.5 cm³/mol. The van der Waals surface area contributed by atoms with Crippen LogP contribution in [0.3, 0.4) is 0 Å². The van der Waals surface area contributed by atoms with Gasteiger partial charge in [-0.2, -0.15) is 0 Å². The van der Waals surface area contributed by atoms with Crippen LogP contribution < -0.4 is 5.32 Å². The Kier molecular flexibility index (Phi) is 1.31. The van der Waals surface area contributed by atoms with Gasteiger partial charge in [0, 0.05) is 12.7 Å². The molecule has 1 aliphatic heterocycles. The van der Waals surface area contributed by atoms with Crippen molar-refractivity contribution in [3.05, 3.63) is 30.4 Å². The van der Waals surface area contributed by atoms with Gasteiger partial charge in [-0.15, -0.1) is 0 Å². The monoisotopic (exact) mass is 133 g/mol. The summed E-state index contributed by atoms with van der Waals surface area (Å²) in [4.78, 5) is 4.18. The summed E-state index contributed by atoms with van der Waals surface area (Å²) < 4.78 is 0. The summed E-state index contributed by atoms with van der Waals surface area (Å²) in [6.07, 6.45) is 4.04. The maximum Gasteiger partial charge on any atom is 0.129 e. The molecule has 0 aromatic carbocycles. The standard InChI is InChI=1S/C8H9N2/c1-3-7-4-2-6-10-8(7)9-5-1/h1,3,5-6H,2,4H2,(H,9,10). The molecule has 0 bridgehead atoms. The number of nitrogens with one attached hydrogen (secondary N) is 1. The maximum absolute atomic E-state index is 4.18. The summed E-state index contributed by atoms with van der Waals surface area (Å²) in [7, 11) is 0. The number of rotatable bonds is 0. The van der Waals surface area contributed by atoms with Crippen LogP contribution in [-0.2, 0) is 6.42 Å². The molecule has 0 amide bonds. The molecular weight excluding hydrogens is 124 g/mol. The highest BCUT2D eigenvalue weighted by Gasteiger charge is 2.06. The van der Waals surface area contributed by atoms with Gasteiger partial charge < -0.3 is 5.32 Å². The Morgan fingerprint density at radius 3 is 3.40 bits per heavy atom. The average molecular weight is 133 g/mol. The summed E-state index contributed by atoms with van der Waals surface area (Å²) in [5.41, 5.74) is 1.32. The number of hydrogen-bond acceptors (Lipinski definition) is 2. The molecule has 2 heteroatoms. The zero-order valence-electron chi connectivity index (χ0n) is 5.67. The number of pyridine rings is 1. The van der Waals surface area contributed by atoms with Crippen molar-refractivity contribution < 1.29 is 0 Å². The molecular formula is C8H9N2. The minimum absolute atomic E-state index is 1.02. The van der Waals surface area contributed by atoms with Crippen LogP contribution in [0.25, 0.3) is 0 Å². The van der Waals surface area contributed by atoms with E-state index in [1.54, 1.807) is 0 Å². The Bertz CT molecular complexity index is 207. The van der Waals surface area contributed by atoms with Crippen molar-refractivity contribution in [1.82, 2.24) is 4.98 Å². The van der Waals surface area contributed by atoms with Gasteiger partial charge in [-0.3, -0.25) is 0 Å². The average Bonchev–Trinajstić information content (AvgIpc) is 2.05. The van der Waals surface area contributed by atoms with Gasteiger partial charge in [0.05, 0.1) is 0 Å². The van der Waals surface area contributed by atoms with Crippen molar-refractivity contribution in [2.45, 2.75) is 12.8 Å². The van der Waals surface area contributed by atoms with Gasteiger partial charge in [-0.1, -0.05) is 6.07 Å². The molecule has 0 unspecified atom stereocenters. The molecule has 1 aromatic rings. The second-order valence-corrected chi connectivity index (χ2v) is 2.40. The van der Waals surface area contributed by atoms with Crippen molar-refractivity contribution in [2.24, 2.45) is 0 Å². The molecule has 1 N–H and O–H groups in total. The fourth-order valence-corrected chi connectivity index (χ4v) is 1.17. The topological polar surface area (TPSA) is 24.9 Å². The van der Waals surface area contributed by atoms with Gasteiger partial charge in [0.2, 0.25) is 0 Å². The summed E-state index contributed by atoms with van der Waals surface area (Å²) in [5.74, 6) is 1.02. The van der Waals surface area contributed by atoms with E-state index in [9.17, 15) is 0 Å². The lowest BCUT2D eigenvalue weighted by Gasteiger charge is -2.14. The van der Waals surface area contributed by atoms with Gasteiger partial charge in [0.15, 0.2) is 0 Å². The Labute approximate surface area is 60.3 Å². The van der Waals surface area contributed by atoms with Gasteiger partial charge in [0.1, 0.15) is 5.82 Å². The van der Waals surface area contributed by atoms with Crippen LogP contribution in [0, 0.1) is 6.54 Å². The fourth-order valence-electron chi connectivity index (χ4n) is 1.17. The zero-order chi connectivity index (χ0) is 6.81. The van der Waals surface area contributed by atoms with Crippen LogP contribution in [0.1, 0.15) is 12.0 Å². The third kappa shape index (κ3) is 0.856. The molecule has 1 aromatic heterocycles. The molecule has 0 saturated carbocycles. The third-order valence-corrected chi connectivity index (χ3v) is 1.69. The zero-order valence-corrected chi connectivity index (χ0v) is 5.67. The van der Waals surface area contributed by atoms with Crippen molar-refractivity contribution >= 4 is 5.82 Å². The molecule has 0 atom stereocenters. The number of anilines is 1. The lowest BCUT2D eigenvalue weighted by atomic mass is 10.1. The number of hydrogen-bond donors (Lipinski definition) is 1. The van der Waals surface area contributed by atoms with Crippen LogP contribution in [0.5, 0.6) is 0 Å². The Morgan fingerprint density at radius 2 is 2.50 bits per heavy atom. The molecule has 1 aliphatic rings. The summed E-state index contributed by atoms with van der Waals surface area (Å²) >= 11 is 0. The fraction of sp³-hybridized carbons (Fsp3) is 0.250. The highest BCUT2D eigenvalue weighted by atomic mass is 15.0. The third-order valence-electron chi connectivity index (χ3n) is 1.69. The maximum atomic E-state index is 4.18. The van der Waals surface area contributed by atoms with Crippen molar-refractivity contribution in [3.63, 3.8) is 0 Å². The SMILES string of the molecule is [CH]1CCc2cccnc2N1. The first-order valence-electron chi connectivity index (χ1n) is 3.49. The molecule has 2 heterocycles. The largest absolute Gasteiger partial charge is 0.365 e. The first-order valence-corrected chi connectivity index (χ1v) is 3.49. The highest BCUT2D eigenvalue weighted by molar-refractivity contribution is 5.47. The lowest BCUT2D eigenvalue weighted by molar-refractivity contribution is 0.893. The van der Waals surface area contributed by atoms with Gasteiger partial charge in [-0.25, -0.2) is 4.98 Å². The minimum Gasteiger partial charge on any atom is -0.365 e. The van der Waals surface area contributed by atoms with Crippen LogP contribution in [0.4, 0.5) is 5.82 Å². The number of aryl methyl sites for hydroxylation is 1. The van der Waals surface area contributed by atoms with E-state index in [1.807, 2.05) is 12.3 Å².